The van der Waals surface area contributed by atoms with Crippen LogP contribution in [0.15, 0.2) is 24.3 Å². The molecule has 2 unspecified atom stereocenters. The van der Waals surface area contributed by atoms with Gasteiger partial charge in [-0.05, 0) is 39.3 Å². The maximum absolute atomic E-state index is 10.1. The molecule has 102 valence electrons. The molecule has 3 nitrogen and oxygen atoms in total. The lowest BCUT2D eigenvalue weighted by Crippen LogP contribution is -2.24. The van der Waals surface area contributed by atoms with Gasteiger partial charge in [-0.3, -0.25) is 0 Å². The first kappa shape index (κ1) is 15.2. The fourth-order valence-electron chi connectivity index (χ4n) is 1.82. The molecule has 0 spiro atoms. The van der Waals surface area contributed by atoms with Gasteiger partial charge >= 0.3 is 0 Å². The third kappa shape index (κ3) is 5.63. The predicted molar refractivity (Wildman–Crippen MR) is 74.6 cm³/mol. The Hall–Kier alpha value is -0.900. The summed E-state index contributed by atoms with van der Waals surface area (Å²) in [6, 6.07) is 8.01. The third-order valence-corrected chi connectivity index (χ3v) is 3.17. The molecule has 0 aliphatic heterocycles. The normalized spacial score (nSPS) is 14.8. The summed E-state index contributed by atoms with van der Waals surface area (Å²) in [5, 5.41) is 19.3. The van der Waals surface area contributed by atoms with Crippen LogP contribution in [0.4, 0.5) is 0 Å². The van der Waals surface area contributed by atoms with E-state index in [-0.39, 0.29) is 6.10 Å². The van der Waals surface area contributed by atoms with E-state index in [0.29, 0.717) is 0 Å². The largest absolute Gasteiger partial charge is 0.393 e. The Balaban J connectivity index is 2.32. The molecule has 0 amide bonds. The van der Waals surface area contributed by atoms with Gasteiger partial charge in [0.25, 0.3) is 0 Å². The Labute approximate surface area is 110 Å². The van der Waals surface area contributed by atoms with Crippen molar-refractivity contribution in [1.29, 1.82) is 0 Å². The van der Waals surface area contributed by atoms with Crippen LogP contribution in [0.25, 0.3) is 0 Å². The lowest BCUT2D eigenvalue weighted by Gasteiger charge is -2.19. The van der Waals surface area contributed by atoms with Crippen LogP contribution in [-0.4, -0.2) is 41.4 Å². The Kier molecular flexibility index (Phi) is 6.33. The minimum atomic E-state index is -0.403. The highest BCUT2D eigenvalue weighted by molar-refractivity contribution is 5.22. The lowest BCUT2D eigenvalue weighted by atomic mass is 10.0. The van der Waals surface area contributed by atoms with Gasteiger partial charge < -0.3 is 15.1 Å². The van der Waals surface area contributed by atoms with Crippen molar-refractivity contribution in [3.63, 3.8) is 0 Å². The van der Waals surface area contributed by atoms with Crippen molar-refractivity contribution in [3.8, 4) is 0 Å². The van der Waals surface area contributed by atoms with Crippen molar-refractivity contribution >= 4 is 0 Å². The molecule has 1 aromatic carbocycles. The molecule has 0 saturated carbocycles. The monoisotopic (exact) mass is 251 g/mol. The minimum Gasteiger partial charge on any atom is -0.393 e. The predicted octanol–water partition coefficient (Wildman–Crippen LogP) is 2.12. The van der Waals surface area contributed by atoms with Crippen LogP contribution in [0.5, 0.6) is 0 Å². The summed E-state index contributed by atoms with van der Waals surface area (Å²) < 4.78 is 0. The highest BCUT2D eigenvalue weighted by Crippen LogP contribution is 2.17. The molecular formula is C15H25NO2. The molecule has 0 fully saturated rings. The van der Waals surface area contributed by atoms with E-state index in [1.165, 1.54) is 5.56 Å². The van der Waals surface area contributed by atoms with E-state index in [9.17, 15) is 10.2 Å². The zero-order valence-electron chi connectivity index (χ0n) is 11.6. The number of hydrogen-bond acceptors (Lipinski definition) is 3. The van der Waals surface area contributed by atoms with E-state index in [4.69, 9.17) is 0 Å². The standard InChI is InChI=1S/C15H25NO2/c1-12-4-6-14(7-5-12)15(18)9-11-16(3)10-8-13(2)17/h4-7,13,15,17-18H,8-11H2,1-3H3. The fraction of sp³-hybridized carbons (Fsp3) is 0.600. The van der Waals surface area contributed by atoms with Gasteiger partial charge in [-0.15, -0.1) is 0 Å². The minimum absolute atomic E-state index is 0.255. The number of aliphatic hydroxyl groups is 2. The molecular weight excluding hydrogens is 226 g/mol. The second-order valence-electron chi connectivity index (χ2n) is 5.16. The summed E-state index contributed by atoms with van der Waals surface area (Å²) in [5.74, 6) is 0. The van der Waals surface area contributed by atoms with Crippen LogP contribution in [0.2, 0.25) is 0 Å². The second kappa shape index (κ2) is 7.52. The summed E-state index contributed by atoms with van der Waals surface area (Å²) in [6.07, 6.45) is 0.838. The van der Waals surface area contributed by atoms with Crippen LogP contribution in [0, 0.1) is 6.92 Å². The van der Waals surface area contributed by atoms with Crippen molar-refractivity contribution in [2.24, 2.45) is 0 Å². The van der Waals surface area contributed by atoms with E-state index in [2.05, 4.69) is 4.90 Å². The summed E-state index contributed by atoms with van der Waals surface area (Å²) >= 11 is 0. The molecule has 0 aromatic heterocycles. The number of rotatable bonds is 7. The van der Waals surface area contributed by atoms with Crippen molar-refractivity contribution in [3.05, 3.63) is 35.4 Å². The highest BCUT2D eigenvalue weighted by Gasteiger charge is 2.09. The van der Waals surface area contributed by atoms with Crippen molar-refractivity contribution < 1.29 is 10.2 Å². The van der Waals surface area contributed by atoms with E-state index in [1.54, 1.807) is 6.92 Å². The average molecular weight is 251 g/mol. The lowest BCUT2D eigenvalue weighted by molar-refractivity contribution is 0.136. The van der Waals surface area contributed by atoms with E-state index < -0.39 is 6.10 Å². The zero-order valence-corrected chi connectivity index (χ0v) is 11.6. The maximum atomic E-state index is 10.1. The van der Waals surface area contributed by atoms with Crippen molar-refractivity contribution in [1.82, 2.24) is 4.90 Å². The molecule has 0 aliphatic rings. The third-order valence-electron chi connectivity index (χ3n) is 3.17. The first-order valence-corrected chi connectivity index (χ1v) is 6.60. The zero-order chi connectivity index (χ0) is 13.5. The molecule has 0 radical (unpaired) electrons. The number of aliphatic hydroxyl groups excluding tert-OH is 2. The molecule has 0 aliphatic carbocycles. The molecule has 2 N–H and O–H groups in total. The van der Waals surface area contributed by atoms with E-state index >= 15 is 0 Å². The Morgan fingerprint density at radius 1 is 1.06 bits per heavy atom. The first-order valence-electron chi connectivity index (χ1n) is 6.60. The molecule has 1 aromatic rings. The van der Waals surface area contributed by atoms with Gasteiger partial charge in [0.2, 0.25) is 0 Å². The SMILES string of the molecule is Cc1ccc(C(O)CCN(C)CCC(C)O)cc1. The number of nitrogens with zero attached hydrogens (tertiary/aromatic N) is 1. The van der Waals surface area contributed by atoms with Crippen LogP contribution in [0.3, 0.4) is 0 Å². The van der Waals surface area contributed by atoms with Crippen LogP contribution < -0.4 is 0 Å². The molecule has 0 saturated heterocycles. The molecule has 3 heteroatoms. The average Bonchev–Trinajstić information content (AvgIpc) is 2.34. The van der Waals surface area contributed by atoms with Gasteiger partial charge in [-0.1, -0.05) is 29.8 Å². The van der Waals surface area contributed by atoms with E-state index in [0.717, 1.165) is 31.5 Å². The van der Waals surface area contributed by atoms with Crippen LogP contribution in [0.1, 0.15) is 37.0 Å². The van der Waals surface area contributed by atoms with Gasteiger partial charge in [0.1, 0.15) is 0 Å². The topological polar surface area (TPSA) is 43.7 Å². The number of aryl methyl sites for hydroxylation is 1. The summed E-state index contributed by atoms with van der Waals surface area (Å²) in [4.78, 5) is 2.14. The van der Waals surface area contributed by atoms with Gasteiger partial charge in [0.05, 0.1) is 12.2 Å². The van der Waals surface area contributed by atoms with Crippen LogP contribution >= 0.6 is 0 Å². The van der Waals surface area contributed by atoms with Gasteiger partial charge in [-0.2, -0.15) is 0 Å². The fourth-order valence-corrected chi connectivity index (χ4v) is 1.82. The van der Waals surface area contributed by atoms with Gasteiger partial charge in [0, 0.05) is 13.1 Å². The Morgan fingerprint density at radius 3 is 2.17 bits per heavy atom. The summed E-state index contributed by atoms with van der Waals surface area (Å²) in [5.41, 5.74) is 2.18. The van der Waals surface area contributed by atoms with Crippen LogP contribution in [-0.2, 0) is 0 Å². The second-order valence-corrected chi connectivity index (χ2v) is 5.16. The molecule has 0 bridgehead atoms. The molecule has 2 atom stereocenters. The summed E-state index contributed by atoms with van der Waals surface area (Å²) in [7, 11) is 2.02. The summed E-state index contributed by atoms with van der Waals surface area (Å²) in [6.45, 7) is 5.54. The Morgan fingerprint density at radius 2 is 1.61 bits per heavy atom. The number of benzene rings is 1. The van der Waals surface area contributed by atoms with E-state index in [1.807, 2.05) is 38.2 Å². The van der Waals surface area contributed by atoms with Crippen molar-refractivity contribution in [2.45, 2.75) is 38.9 Å². The van der Waals surface area contributed by atoms with Gasteiger partial charge in [0.15, 0.2) is 0 Å². The molecule has 1 rings (SSSR count). The maximum Gasteiger partial charge on any atom is 0.0802 e. The smallest absolute Gasteiger partial charge is 0.0802 e. The molecule has 18 heavy (non-hydrogen) atoms. The first-order chi connectivity index (χ1) is 8.49. The number of hydrogen-bond donors (Lipinski definition) is 2. The van der Waals surface area contributed by atoms with Crippen molar-refractivity contribution in [2.75, 3.05) is 20.1 Å². The molecule has 0 heterocycles. The quantitative estimate of drug-likeness (QED) is 0.780. The Bertz CT molecular complexity index is 335. The highest BCUT2D eigenvalue weighted by atomic mass is 16.3. The van der Waals surface area contributed by atoms with Gasteiger partial charge in [-0.25, -0.2) is 0 Å².